The van der Waals surface area contributed by atoms with Gasteiger partial charge in [-0.05, 0) is 192 Å². The Hall–Kier alpha value is -16.3. The van der Waals surface area contributed by atoms with Crippen LogP contribution in [0.4, 0.5) is 0 Å². The second kappa shape index (κ2) is 44.3. The van der Waals surface area contributed by atoms with Crippen LogP contribution in [0, 0.1) is 20.8 Å². The monoisotopic (exact) mass is 1770 g/mol. The van der Waals surface area contributed by atoms with E-state index in [1.807, 2.05) is 124 Å². The molecule has 668 valence electrons. The Morgan fingerprint density at radius 2 is 0.294 bits per heavy atom. The number of hydrogen-bond donors (Lipinski definition) is 0. The van der Waals surface area contributed by atoms with Gasteiger partial charge in [0.25, 0.3) is 0 Å². The Bertz CT molecular complexity index is 8130. The normalized spacial score (nSPS) is 10.7. The molecule has 0 saturated carbocycles. The molecule has 0 aliphatic heterocycles. The van der Waals surface area contributed by atoms with Gasteiger partial charge in [0.2, 0.25) is 0 Å². The van der Waals surface area contributed by atoms with Crippen molar-refractivity contribution in [1.82, 2.24) is 0 Å². The molecular weight excluding hydrogens is 1650 g/mol. The highest BCUT2D eigenvalue weighted by Crippen LogP contribution is 2.43. The lowest BCUT2D eigenvalue weighted by Gasteiger charge is -1.99. The molecule has 0 N–H and O–H groups in total. The van der Waals surface area contributed by atoms with Crippen molar-refractivity contribution in [2.75, 3.05) is 0 Å². The van der Waals surface area contributed by atoms with E-state index in [-0.39, 0.29) is 0 Å². The summed E-state index contributed by atoms with van der Waals surface area (Å²) in [5.74, 6) is 0. The summed E-state index contributed by atoms with van der Waals surface area (Å²) in [5.41, 5.74) is 13.7. The Morgan fingerprint density at radius 3 is 0.529 bits per heavy atom. The highest BCUT2D eigenvalue weighted by atomic mass is 16.3. The second-order valence-electron chi connectivity index (χ2n) is 32.2. The van der Waals surface area contributed by atoms with E-state index in [1.54, 1.807) is 0 Å². The summed E-state index contributed by atoms with van der Waals surface area (Å²) in [4.78, 5) is 0. The molecule has 0 saturated heterocycles. The van der Waals surface area contributed by atoms with Gasteiger partial charge >= 0.3 is 0 Å². The first-order valence-corrected chi connectivity index (χ1v) is 47.9. The van der Waals surface area contributed by atoms with Gasteiger partial charge in [-0.1, -0.05) is 456 Å². The average molecular weight is 1770 g/mol. The fourth-order valence-electron chi connectivity index (χ4n) is 17.7. The molecule has 5 heterocycles. The lowest BCUT2D eigenvalue weighted by molar-refractivity contribution is 0.669. The van der Waals surface area contributed by atoms with E-state index in [0.29, 0.717) is 0 Å². The fraction of sp³-hybridized carbons (Fsp3) is 0.0992. The number of hydrogen-bond acceptors (Lipinski definition) is 5. The maximum Gasteiger partial charge on any atom is 0.143 e. The quantitative estimate of drug-likeness (QED) is 0.151. The molecule has 5 heteroatoms. The largest absolute Gasteiger partial charge is 0.456 e. The predicted molar refractivity (Wildman–Crippen MR) is 594 cm³/mol. The van der Waals surface area contributed by atoms with Crippen LogP contribution < -0.4 is 0 Å². The fourth-order valence-corrected chi connectivity index (χ4v) is 17.7. The van der Waals surface area contributed by atoms with E-state index in [4.69, 9.17) is 22.1 Å². The number of furan rings is 5. The van der Waals surface area contributed by atoms with Crippen molar-refractivity contribution in [2.24, 2.45) is 0 Å². The molecule has 0 fully saturated rings. The third-order valence-corrected chi connectivity index (χ3v) is 24.0. The van der Waals surface area contributed by atoms with Crippen LogP contribution in [0.2, 0.25) is 0 Å². The Kier molecular flexibility index (Phi) is 30.2. The van der Waals surface area contributed by atoms with E-state index >= 15 is 0 Å². The van der Waals surface area contributed by atoms with Crippen molar-refractivity contribution >= 4 is 217 Å². The van der Waals surface area contributed by atoms with Crippen molar-refractivity contribution in [3.05, 3.63) is 472 Å². The zero-order chi connectivity index (χ0) is 94.4. The van der Waals surface area contributed by atoms with Gasteiger partial charge in [-0.2, -0.15) is 0 Å². The molecule has 5 aromatic heterocycles. The first-order valence-electron chi connectivity index (χ1n) is 47.9. The number of benzene rings is 23. The van der Waals surface area contributed by atoms with Crippen LogP contribution in [0.25, 0.3) is 217 Å². The van der Waals surface area contributed by atoms with Gasteiger partial charge < -0.3 is 22.1 Å². The Labute approximate surface area is 795 Å². The number of rotatable bonds is 0. The van der Waals surface area contributed by atoms with E-state index in [1.165, 1.54) is 178 Å². The van der Waals surface area contributed by atoms with Gasteiger partial charge in [0.05, 0.1) is 0 Å². The zero-order valence-electron chi connectivity index (χ0n) is 79.8. The summed E-state index contributed by atoms with van der Waals surface area (Å²) in [5, 5.41) is 36.4. The third kappa shape index (κ3) is 19.9. The maximum absolute atomic E-state index is 6.28. The zero-order valence-corrected chi connectivity index (χ0v) is 79.8. The molecule has 0 spiro atoms. The van der Waals surface area contributed by atoms with Gasteiger partial charge in [0, 0.05) is 75.4 Å². The SMILES string of the molecule is CC.CC.CC.CC.CC.Cc1ccccc1.Cc1ccccc1.Cc1ccccc1.c1ccc2c(c1)ccc1c3ccc4ccccc4c3oc21.c1ccc2c(c1)ccc1c3ccc4ccccc4c3oc21.c1ccc2cc3c(cc2c1)oc1cc2ccccc2cc13.c1ccc2cc3c(cc2c1)oc1ccc2ccccc2c13.c1ccc2cc3c(cc2c1)oc1ccc2ccccc2c13. The van der Waals surface area contributed by atoms with E-state index in [2.05, 4.69) is 421 Å². The molecule has 28 aromatic rings. The Morgan fingerprint density at radius 1 is 0.118 bits per heavy atom. The average Bonchev–Trinajstić information content (AvgIpc) is 1.60. The summed E-state index contributed by atoms with van der Waals surface area (Å²) in [6, 6.07) is 158. The summed E-state index contributed by atoms with van der Waals surface area (Å²) >= 11 is 0. The van der Waals surface area contributed by atoms with Crippen LogP contribution in [0.15, 0.2) is 477 Å². The van der Waals surface area contributed by atoms with Crippen molar-refractivity contribution in [3.63, 3.8) is 0 Å². The van der Waals surface area contributed by atoms with Gasteiger partial charge in [-0.25, -0.2) is 0 Å². The van der Waals surface area contributed by atoms with E-state index < -0.39 is 0 Å². The predicted octanol–water partition coefficient (Wildman–Crippen LogP) is 40.6. The molecule has 23 aromatic carbocycles. The highest BCUT2D eigenvalue weighted by molar-refractivity contribution is 6.25. The highest BCUT2D eigenvalue weighted by Gasteiger charge is 2.18. The van der Waals surface area contributed by atoms with E-state index in [0.717, 1.165) is 55.8 Å². The molecule has 0 unspecified atom stereocenters. The van der Waals surface area contributed by atoms with Gasteiger partial charge in [-0.15, -0.1) is 0 Å². The number of fused-ring (bicyclic) bond motifs is 31. The molecule has 0 aliphatic rings. The van der Waals surface area contributed by atoms with Crippen LogP contribution in [-0.2, 0) is 0 Å². The standard InChI is InChI=1S/5C20H12O.3C7H8.5C2H6/c1-3-7-15-11-19-17(9-13(15)5-1)18-10-14-6-2-4-8-16(14)12-20(18)21-19;2*1-3-7-15-13(5-1)9-11-17-18-12-10-14-6-2-4-8-16(14)20(18)21-19(15)17;2*1-2-7-15-12-19-17(11-14(15)6-1)20-16-8-4-3-5-13(16)9-10-18(20)21-19;3*1-7-5-3-2-4-6-7;5*1-2/h5*1-12H;3*2-6H,1H3;5*1-2H3. The molecule has 0 atom stereocenters. The topological polar surface area (TPSA) is 65.7 Å². The molecule has 0 amide bonds. The molecule has 28 rings (SSSR count). The first-order chi connectivity index (χ1) is 67.2. The first kappa shape index (κ1) is 92.9. The smallest absolute Gasteiger partial charge is 0.143 e. The lowest BCUT2D eigenvalue weighted by Crippen LogP contribution is -1.75. The minimum Gasteiger partial charge on any atom is -0.456 e. The lowest BCUT2D eigenvalue weighted by atomic mass is 10.0. The minimum absolute atomic E-state index is 0.957. The summed E-state index contributed by atoms with van der Waals surface area (Å²) in [6.07, 6.45) is 0. The van der Waals surface area contributed by atoms with Gasteiger partial charge in [0.1, 0.15) is 55.8 Å². The molecule has 0 radical (unpaired) electrons. The number of aryl methyl sites for hydroxylation is 3. The van der Waals surface area contributed by atoms with Crippen LogP contribution in [0.3, 0.4) is 0 Å². The summed E-state index contributed by atoms with van der Waals surface area (Å²) in [7, 11) is 0. The summed E-state index contributed by atoms with van der Waals surface area (Å²) < 4.78 is 30.8. The Balaban J connectivity index is 0.000000114. The van der Waals surface area contributed by atoms with Crippen LogP contribution in [0.5, 0.6) is 0 Å². The third-order valence-electron chi connectivity index (χ3n) is 24.0. The molecule has 136 heavy (non-hydrogen) atoms. The molecular formula is C131H114O5. The van der Waals surface area contributed by atoms with Crippen molar-refractivity contribution in [2.45, 2.75) is 90.0 Å². The van der Waals surface area contributed by atoms with Crippen LogP contribution in [0.1, 0.15) is 85.9 Å². The summed E-state index contributed by atoms with van der Waals surface area (Å²) in [6.45, 7) is 26.2. The molecule has 5 nitrogen and oxygen atoms in total. The molecule has 0 bridgehead atoms. The van der Waals surface area contributed by atoms with Crippen molar-refractivity contribution in [3.8, 4) is 0 Å². The maximum atomic E-state index is 6.28. The van der Waals surface area contributed by atoms with Gasteiger partial charge in [0.15, 0.2) is 0 Å². The second-order valence-corrected chi connectivity index (χ2v) is 32.2. The minimum atomic E-state index is 0.957. The van der Waals surface area contributed by atoms with E-state index in [9.17, 15) is 0 Å². The van der Waals surface area contributed by atoms with Crippen molar-refractivity contribution < 1.29 is 22.1 Å². The van der Waals surface area contributed by atoms with Crippen LogP contribution in [-0.4, -0.2) is 0 Å². The van der Waals surface area contributed by atoms with Gasteiger partial charge in [-0.3, -0.25) is 0 Å². The van der Waals surface area contributed by atoms with Crippen molar-refractivity contribution in [1.29, 1.82) is 0 Å². The molecule has 0 aliphatic carbocycles. The van der Waals surface area contributed by atoms with Crippen LogP contribution >= 0.6 is 0 Å².